The van der Waals surface area contributed by atoms with Crippen LogP contribution in [0.3, 0.4) is 0 Å². The Balaban J connectivity index is 1.65. The molecule has 124 valence electrons. The Labute approximate surface area is 140 Å². The molecule has 1 aliphatic rings. The summed E-state index contributed by atoms with van der Waals surface area (Å²) in [7, 11) is 0. The van der Waals surface area contributed by atoms with Gasteiger partial charge in [-0.1, -0.05) is 36.4 Å². The Bertz CT molecular complexity index is 758. The Morgan fingerprint density at radius 2 is 1.88 bits per heavy atom. The molecular weight excluding hydrogens is 304 g/mol. The quantitative estimate of drug-likeness (QED) is 0.853. The molecule has 0 saturated heterocycles. The van der Waals surface area contributed by atoms with Crippen molar-refractivity contribution in [2.45, 2.75) is 18.8 Å². The van der Waals surface area contributed by atoms with Crippen molar-refractivity contribution >= 4 is 11.8 Å². The summed E-state index contributed by atoms with van der Waals surface area (Å²) in [5.74, 6) is -0.0864. The third-order valence-corrected chi connectivity index (χ3v) is 4.27. The van der Waals surface area contributed by atoms with Gasteiger partial charge < -0.3 is 15.8 Å². The fraction of sp³-hybridized carbons (Fsp3) is 0.263. The van der Waals surface area contributed by atoms with E-state index in [2.05, 4.69) is 17.4 Å². The van der Waals surface area contributed by atoms with Gasteiger partial charge in [-0.15, -0.1) is 0 Å². The standard InChI is InChI=1S/C19H20N2O3/c20-18(22)12-24-17-8-4-3-7-16(17)19(23)21-11-14-10-9-13-5-1-2-6-15(13)14/h1-8,14H,9-12H2,(H2,20,22)(H,21,23). The number of para-hydroxylation sites is 1. The summed E-state index contributed by atoms with van der Waals surface area (Å²) in [4.78, 5) is 23.3. The number of nitrogens with two attached hydrogens (primary N) is 1. The number of nitrogens with one attached hydrogen (secondary N) is 1. The van der Waals surface area contributed by atoms with Crippen molar-refractivity contribution in [2.75, 3.05) is 13.2 Å². The Kier molecular flexibility index (Phi) is 4.79. The molecule has 0 bridgehead atoms. The van der Waals surface area contributed by atoms with E-state index in [9.17, 15) is 9.59 Å². The van der Waals surface area contributed by atoms with Crippen LogP contribution in [0.5, 0.6) is 5.75 Å². The summed E-state index contributed by atoms with van der Waals surface area (Å²) < 4.78 is 5.31. The van der Waals surface area contributed by atoms with E-state index in [-0.39, 0.29) is 12.5 Å². The fourth-order valence-electron chi connectivity index (χ4n) is 3.10. The van der Waals surface area contributed by atoms with Gasteiger partial charge in [0.25, 0.3) is 11.8 Å². The highest BCUT2D eigenvalue weighted by atomic mass is 16.5. The van der Waals surface area contributed by atoms with Crippen LogP contribution in [0, 0.1) is 0 Å². The highest BCUT2D eigenvalue weighted by Crippen LogP contribution is 2.32. The minimum atomic E-state index is -0.576. The lowest BCUT2D eigenvalue weighted by Gasteiger charge is -2.14. The molecule has 5 nitrogen and oxygen atoms in total. The maximum absolute atomic E-state index is 12.5. The van der Waals surface area contributed by atoms with Crippen molar-refractivity contribution in [1.82, 2.24) is 5.32 Å². The molecule has 24 heavy (non-hydrogen) atoms. The summed E-state index contributed by atoms with van der Waals surface area (Å²) in [6.07, 6.45) is 2.09. The number of primary amides is 1. The number of hydrogen-bond donors (Lipinski definition) is 2. The number of carbonyl (C=O) groups excluding carboxylic acids is 2. The molecule has 0 spiro atoms. The second-order valence-electron chi connectivity index (χ2n) is 5.90. The molecule has 3 N–H and O–H groups in total. The Hall–Kier alpha value is -2.82. The van der Waals surface area contributed by atoms with Crippen molar-refractivity contribution in [3.63, 3.8) is 0 Å². The van der Waals surface area contributed by atoms with Crippen molar-refractivity contribution in [2.24, 2.45) is 5.73 Å². The molecule has 2 aromatic rings. The predicted molar refractivity (Wildman–Crippen MR) is 91.0 cm³/mol. The molecule has 0 heterocycles. The molecule has 5 heteroatoms. The summed E-state index contributed by atoms with van der Waals surface area (Å²) in [5.41, 5.74) is 8.17. The zero-order valence-electron chi connectivity index (χ0n) is 13.3. The number of amides is 2. The van der Waals surface area contributed by atoms with E-state index < -0.39 is 5.91 Å². The van der Waals surface area contributed by atoms with Crippen molar-refractivity contribution in [3.05, 3.63) is 65.2 Å². The molecule has 2 amide bonds. The molecule has 3 rings (SSSR count). The largest absolute Gasteiger partial charge is 0.483 e. The van der Waals surface area contributed by atoms with E-state index in [4.69, 9.17) is 10.5 Å². The minimum Gasteiger partial charge on any atom is -0.483 e. The number of ether oxygens (including phenoxy) is 1. The monoisotopic (exact) mass is 324 g/mol. The number of benzene rings is 2. The topological polar surface area (TPSA) is 81.4 Å². The van der Waals surface area contributed by atoms with Gasteiger partial charge in [0, 0.05) is 12.5 Å². The highest BCUT2D eigenvalue weighted by Gasteiger charge is 2.23. The van der Waals surface area contributed by atoms with Crippen LogP contribution in [0.2, 0.25) is 0 Å². The Morgan fingerprint density at radius 3 is 2.71 bits per heavy atom. The van der Waals surface area contributed by atoms with Crippen LogP contribution >= 0.6 is 0 Å². The van der Waals surface area contributed by atoms with Crippen molar-refractivity contribution in [3.8, 4) is 5.75 Å². The van der Waals surface area contributed by atoms with Crippen LogP contribution in [0.15, 0.2) is 48.5 Å². The first-order valence-electron chi connectivity index (χ1n) is 8.01. The second kappa shape index (κ2) is 7.17. The third kappa shape index (κ3) is 3.56. The van der Waals surface area contributed by atoms with E-state index in [1.165, 1.54) is 11.1 Å². The van der Waals surface area contributed by atoms with Gasteiger partial charge >= 0.3 is 0 Å². The van der Waals surface area contributed by atoms with E-state index in [1.807, 2.05) is 12.1 Å². The van der Waals surface area contributed by atoms with Gasteiger partial charge in [0.05, 0.1) is 5.56 Å². The lowest BCUT2D eigenvalue weighted by molar-refractivity contribution is -0.119. The molecule has 1 unspecified atom stereocenters. The van der Waals surface area contributed by atoms with Crippen LogP contribution < -0.4 is 15.8 Å². The van der Waals surface area contributed by atoms with Gasteiger partial charge in [-0.2, -0.15) is 0 Å². The normalized spacial score (nSPS) is 15.6. The molecule has 0 saturated carbocycles. The molecule has 0 aromatic heterocycles. The van der Waals surface area contributed by atoms with E-state index in [1.54, 1.807) is 24.3 Å². The summed E-state index contributed by atoms with van der Waals surface area (Å²) in [6, 6.07) is 15.2. The van der Waals surface area contributed by atoms with Crippen LogP contribution in [0.1, 0.15) is 33.8 Å². The molecule has 0 radical (unpaired) electrons. The second-order valence-corrected chi connectivity index (χ2v) is 5.90. The maximum atomic E-state index is 12.5. The third-order valence-electron chi connectivity index (χ3n) is 4.27. The predicted octanol–water partition coefficient (Wildman–Crippen LogP) is 2.01. The highest BCUT2D eigenvalue weighted by molar-refractivity contribution is 5.97. The molecule has 2 aromatic carbocycles. The van der Waals surface area contributed by atoms with Gasteiger partial charge in [0.2, 0.25) is 0 Å². The van der Waals surface area contributed by atoms with Crippen LogP contribution in [0.25, 0.3) is 0 Å². The van der Waals surface area contributed by atoms with Crippen molar-refractivity contribution in [1.29, 1.82) is 0 Å². The summed E-state index contributed by atoms with van der Waals surface area (Å²) in [5, 5.41) is 2.97. The van der Waals surface area contributed by atoms with Gasteiger partial charge in [0.15, 0.2) is 6.61 Å². The van der Waals surface area contributed by atoms with Gasteiger partial charge in [0.1, 0.15) is 5.75 Å². The number of carbonyl (C=O) groups is 2. The maximum Gasteiger partial charge on any atom is 0.255 e. The van der Waals surface area contributed by atoms with E-state index in [0.717, 1.165) is 12.8 Å². The zero-order chi connectivity index (χ0) is 16.9. The Morgan fingerprint density at radius 1 is 1.12 bits per heavy atom. The number of fused-ring (bicyclic) bond motifs is 1. The first-order valence-corrected chi connectivity index (χ1v) is 8.01. The fourth-order valence-corrected chi connectivity index (χ4v) is 3.10. The number of hydrogen-bond acceptors (Lipinski definition) is 3. The lowest BCUT2D eigenvalue weighted by atomic mass is 10.0. The van der Waals surface area contributed by atoms with Crippen LogP contribution in [-0.4, -0.2) is 25.0 Å². The smallest absolute Gasteiger partial charge is 0.255 e. The van der Waals surface area contributed by atoms with E-state index >= 15 is 0 Å². The molecule has 1 atom stereocenters. The molecule has 0 aliphatic heterocycles. The van der Waals surface area contributed by atoms with E-state index in [0.29, 0.717) is 23.8 Å². The average Bonchev–Trinajstić information content (AvgIpc) is 3.01. The van der Waals surface area contributed by atoms with Gasteiger partial charge in [-0.05, 0) is 36.1 Å². The summed E-state index contributed by atoms with van der Waals surface area (Å²) >= 11 is 0. The SMILES string of the molecule is NC(=O)COc1ccccc1C(=O)NCC1CCc2ccccc21. The zero-order valence-corrected chi connectivity index (χ0v) is 13.3. The lowest BCUT2D eigenvalue weighted by Crippen LogP contribution is -2.28. The summed E-state index contributed by atoms with van der Waals surface area (Å²) in [6.45, 7) is 0.334. The number of rotatable bonds is 6. The first-order chi connectivity index (χ1) is 11.6. The number of aryl methyl sites for hydroxylation is 1. The molecule has 0 fully saturated rings. The van der Waals surface area contributed by atoms with Crippen LogP contribution in [0.4, 0.5) is 0 Å². The van der Waals surface area contributed by atoms with Crippen LogP contribution in [-0.2, 0) is 11.2 Å². The molecular formula is C19H20N2O3. The average molecular weight is 324 g/mol. The minimum absolute atomic E-state index is 0.209. The first kappa shape index (κ1) is 16.1. The van der Waals surface area contributed by atoms with Crippen molar-refractivity contribution < 1.29 is 14.3 Å². The van der Waals surface area contributed by atoms with Gasteiger partial charge in [-0.25, -0.2) is 0 Å². The van der Waals surface area contributed by atoms with Gasteiger partial charge in [-0.3, -0.25) is 9.59 Å². The molecule has 1 aliphatic carbocycles.